The smallest absolute Gasteiger partial charge is 0.319 e. The number of hydrogen-bond donors (Lipinski definition) is 3. The molecule has 2 rings (SSSR count). The second kappa shape index (κ2) is 8.29. The number of hydrogen-bond acceptors (Lipinski definition) is 2. The summed E-state index contributed by atoms with van der Waals surface area (Å²) < 4.78 is 13.5. The number of carbonyl (C=O) groups excluding carboxylic acids is 1. The lowest BCUT2D eigenvalue weighted by molar-refractivity contribution is 0.250. The molecule has 0 radical (unpaired) electrons. The SMILES string of the molecule is CC(C)NC(=O)Nc1ccc(CNCc2ccccc2F)cc1. The van der Waals surface area contributed by atoms with Gasteiger partial charge in [-0.15, -0.1) is 0 Å². The Balaban J connectivity index is 1.81. The Morgan fingerprint density at radius 1 is 1.04 bits per heavy atom. The minimum Gasteiger partial charge on any atom is -0.336 e. The van der Waals surface area contributed by atoms with Gasteiger partial charge >= 0.3 is 6.03 Å². The third kappa shape index (κ3) is 5.71. The van der Waals surface area contributed by atoms with Crippen LogP contribution in [0.5, 0.6) is 0 Å². The van der Waals surface area contributed by atoms with Gasteiger partial charge in [-0.05, 0) is 37.6 Å². The van der Waals surface area contributed by atoms with Gasteiger partial charge in [0, 0.05) is 30.4 Å². The molecule has 2 aromatic carbocycles. The first kappa shape index (κ1) is 17.0. The highest BCUT2D eigenvalue weighted by Gasteiger charge is 2.03. The summed E-state index contributed by atoms with van der Waals surface area (Å²) in [6.45, 7) is 4.92. The Morgan fingerprint density at radius 2 is 1.74 bits per heavy atom. The lowest BCUT2D eigenvalue weighted by atomic mass is 10.2. The van der Waals surface area contributed by atoms with E-state index in [1.54, 1.807) is 12.1 Å². The molecule has 23 heavy (non-hydrogen) atoms. The summed E-state index contributed by atoms with van der Waals surface area (Å²) in [5, 5.41) is 8.74. The van der Waals surface area contributed by atoms with E-state index in [9.17, 15) is 9.18 Å². The first-order chi connectivity index (χ1) is 11.0. The van der Waals surface area contributed by atoms with Crippen molar-refractivity contribution in [1.29, 1.82) is 0 Å². The molecule has 0 fully saturated rings. The number of anilines is 1. The van der Waals surface area contributed by atoms with Crippen molar-refractivity contribution in [2.75, 3.05) is 5.32 Å². The zero-order chi connectivity index (χ0) is 16.7. The highest BCUT2D eigenvalue weighted by Crippen LogP contribution is 2.10. The second-order valence-corrected chi connectivity index (χ2v) is 5.65. The summed E-state index contributed by atoms with van der Waals surface area (Å²) >= 11 is 0. The number of nitrogens with one attached hydrogen (secondary N) is 3. The van der Waals surface area contributed by atoms with Gasteiger partial charge in [-0.1, -0.05) is 30.3 Å². The van der Waals surface area contributed by atoms with Gasteiger partial charge in [0.25, 0.3) is 0 Å². The molecule has 0 aromatic heterocycles. The number of benzene rings is 2. The van der Waals surface area contributed by atoms with Crippen molar-refractivity contribution >= 4 is 11.7 Å². The highest BCUT2D eigenvalue weighted by atomic mass is 19.1. The standard InChI is InChI=1S/C18H22FN3O/c1-13(2)21-18(23)22-16-9-7-14(8-10-16)11-20-12-15-5-3-4-6-17(15)19/h3-10,13,20H,11-12H2,1-2H3,(H2,21,22,23). The van der Waals surface area contributed by atoms with E-state index < -0.39 is 0 Å². The Bertz CT molecular complexity index is 641. The van der Waals surface area contributed by atoms with Crippen LogP contribution in [0.1, 0.15) is 25.0 Å². The van der Waals surface area contributed by atoms with E-state index in [4.69, 9.17) is 0 Å². The minimum absolute atomic E-state index is 0.0943. The summed E-state index contributed by atoms with van der Waals surface area (Å²) in [4.78, 5) is 11.6. The maximum absolute atomic E-state index is 13.5. The Morgan fingerprint density at radius 3 is 2.39 bits per heavy atom. The van der Waals surface area contributed by atoms with Gasteiger partial charge in [0.15, 0.2) is 0 Å². The number of amides is 2. The van der Waals surface area contributed by atoms with Crippen LogP contribution in [-0.2, 0) is 13.1 Å². The van der Waals surface area contributed by atoms with Crippen molar-refractivity contribution in [3.63, 3.8) is 0 Å². The molecule has 0 aliphatic rings. The van der Waals surface area contributed by atoms with Gasteiger partial charge in [0.05, 0.1) is 0 Å². The van der Waals surface area contributed by atoms with Crippen LogP contribution in [0.25, 0.3) is 0 Å². The van der Waals surface area contributed by atoms with Crippen LogP contribution in [0.2, 0.25) is 0 Å². The largest absolute Gasteiger partial charge is 0.336 e. The molecule has 0 saturated heterocycles. The fraction of sp³-hybridized carbons (Fsp3) is 0.278. The molecule has 0 heterocycles. The van der Waals surface area contributed by atoms with Gasteiger partial charge in [0.1, 0.15) is 5.82 Å². The molecule has 2 amide bonds. The van der Waals surface area contributed by atoms with Crippen LogP contribution in [0.15, 0.2) is 48.5 Å². The molecule has 0 bridgehead atoms. The van der Waals surface area contributed by atoms with Crippen molar-refractivity contribution < 1.29 is 9.18 Å². The molecular formula is C18H22FN3O. The number of halogens is 1. The van der Waals surface area contributed by atoms with Gasteiger partial charge in [-0.2, -0.15) is 0 Å². The zero-order valence-corrected chi connectivity index (χ0v) is 13.4. The van der Waals surface area contributed by atoms with Crippen LogP contribution in [0.4, 0.5) is 14.9 Å². The highest BCUT2D eigenvalue weighted by molar-refractivity contribution is 5.89. The predicted octanol–water partition coefficient (Wildman–Crippen LogP) is 3.65. The fourth-order valence-electron chi connectivity index (χ4n) is 2.12. The molecule has 0 unspecified atom stereocenters. The Labute approximate surface area is 136 Å². The van der Waals surface area contributed by atoms with Crippen molar-refractivity contribution in [3.05, 3.63) is 65.5 Å². The molecule has 0 spiro atoms. The molecule has 3 N–H and O–H groups in total. The Kier molecular flexibility index (Phi) is 6.11. The Hall–Kier alpha value is -2.40. The predicted molar refractivity (Wildman–Crippen MR) is 90.7 cm³/mol. The number of carbonyl (C=O) groups is 1. The zero-order valence-electron chi connectivity index (χ0n) is 13.4. The molecule has 4 nitrogen and oxygen atoms in total. The molecule has 0 atom stereocenters. The summed E-state index contributed by atoms with van der Waals surface area (Å²) in [6.07, 6.45) is 0. The molecule has 5 heteroatoms. The summed E-state index contributed by atoms with van der Waals surface area (Å²) in [6, 6.07) is 14.2. The monoisotopic (exact) mass is 315 g/mol. The van der Waals surface area contributed by atoms with Crippen molar-refractivity contribution in [1.82, 2.24) is 10.6 Å². The lowest BCUT2D eigenvalue weighted by Crippen LogP contribution is -2.34. The van der Waals surface area contributed by atoms with E-state index in [1.165, 1.54) is 6.07 Å². The van der Waals surface area contributed by atoms with Crippen LogP contribution in [0, 0.1) is 5.82 Å². The summed E-state index contributed by atoms with van der Waals surface area (Å²) in [7, 11) is 0. The minimum atomic E-state index is -0.217. The molecule has 0 saturated carbocycles. The van der Waals surface area contributed by atoms with E-state index in [2.05, 4.69) is 16.0 Å². The molecule has 0 aliphatic heterocycles. The van der Waals surface area contributed by atoms with Crippen molar-refractivity contribution in [3.8, 4) is 0 Å². The summed E-state index contributed by atoms with van der Waals surface area (Å²) in [5.41, 5.74) is 2.45. The van der Waals surface area contributed by atoms with Crippen molar-refractivity contribution in [2.45, 2.75) is 33.0 Å². The molecular weight excluding hydrogens is 293 g/mol. The third-order valence-corrected chi connectivity index (χ3v) is 3.23. The first-order valence-corrected chi connectivity index (χ1v) is 7.65. The topological polar surface area (TPSA) is 53.2 Å². The lowest BCUT2D eigenvalue weighted by Gasteiger charge is -2.11. The van der Waals surface area contributed by atoms with E-state index in [0.29, 0.717) is 18.7 Å². The van der Waals surface area contributed by atoms with Crippen LogP contribution in [-0.4, -0.2) is 12.1 Å². The van der Waals surface area contributed by atoms with Gasteiger partial charge in [-0.25, -0.2) is 9.18 Å². The quantitative estimate of drug-likeness (QED) is 0.762. The van der Waals surface area contributed by atoms with E-state index in [-0.39, 0.29) is 17.9 Å². The van der Waals surface area contributed by atoms with Crippen LogP contribution in [0.3, 0.4) is 0 Å². The van der Waals surface area contributed by atoms with Crippen molar-refractivity contribution in [2.24, 2.45) is 0 Å². The first-order valence-electron chi connectivity index (χ1n) is 7.65. The maximum Gasteiger partial charge on any atom is 0.319 e. The second-order valence-electron chi connectivity index (χ2n) is 5.65. The molecule has 122 valence electrons. The summed E-state index contributed by atoms with van der Waals surface area (Å²) in [5.74, 6) is -0.198. The van der Waals surface area contributed by atoms with Gasteiger partial charge in [0.2, 0.25) is 0 Å². The number of rotatable bonds is 6. The maximum atomic E-state index is 13.5. The van der Waals surface area contributed by atoms with Crippen LogP contribution < -0.4 is 16.0 Å². The van der Waals surface area contributed by atoms with Gasteiger partial charge < -0.3 is 16.0 Å². The number of urea groups is 1. The van der Waals surface area contributed by atoms with E-state index in [1.807, 2.05) is 44.2 Å². The van der Waals surface area contributed by atoms with E-state index >= 15 is 0 Å². The van der Waals surface area contributed by atoms with Gasteiger partial charge in [-0.3, -0.25) is 0 Å². The third-order valence-electron chi connectivity index (χ3n) is 3.23. The average Bonchev–Trinajstić information content (AvgIpc) is 2.50. The normalized spacial score (nSPS) is 10.6. The van der Waals surface area contributed by atoms with Crippen LogP contribution >= 0.6 is 0 Å². The average molecular weight is 315 g/mol. The molecule has 0 aliphatic carbocycles. The van der Waals surface area contributed by atoms with E-state index in [0.717, 1.165) is 11.3 Å². The fourth-order valence-corrected chi connectivity index (χ4v) is 2.12. The molecule has 2 aromatic rings.